The molecular formula is C20H18FN5OS. The summed E-state index contributed by atoms with van der Waals surface area (Å²) >= 11 is 1.18. The van der Waals surface area contributed by atoms with Crippen LogP contribution in [-0.4, -0.2) is 26.2 Å². The van der Waals surface area contributed by atoms with Gasteiger partial charge in [0.2, 0.25) is 5.13 Å². The lowest BCUT2D eigenvalue weighted by molar-refractivity contribution is 0.414. The van der Waals surface area contributed by atoms with E-state index in [-0.39, 0.29) is 5.82 Å². The molecule has 0 spiro atoms. The molecule has 142 valence electrons. The molecule has 0 saturated carbocycles. The zero-order chi connectivity index (χ0) is 19.5. The molecule has 0 aliphatic rings. The highest BCUT2D eigenvalue weighted by atomic mass is 32.1. The molecule has 2 heterocycles. The quantitative estimate of drug-likeness (QED) is 0.515. The van der Waals surface area contributed by atoms with Gasteiger partial charge in [-0.25, -0.2) is 4.39 Å². The summed E-state index contributed by atoms with van der Waals surface area (Å²) in [6, 6.07) is 14.3. The third kappa shape index (κ3) is 3.86. The lowest BCUT2D eigenvalue weighted by Crippen LogP contribution is -2.00. The van der Waals surface area contributed by atoms with Crippen molar-refractivity contribution in [3.8, 4) is 17.1 Å². The molecule has 2 aromatic heterocycles. The number of aryl methyl sites for hydroxylation is 1. The topological polar surface area (TPSA) is 64.9 Å². The number of methoxy groups -OCH3 is 1. The summed E-state index contributed by atoms with van der Waals surface area (Å²) in [5.41, 5.74) is 3.18. The zero-order valence-electron chi connectivity index (χ0n) is 15.4. The van der Waals surface area contributed by atoms with Gasteiger partial charge in [-0.2, -0.15) is 14.5 Å². The minimum atomic E-state index is -0.331. The molecule has 0 aliphatic carbocycles. The van der Waals surface area contributed by atoms with Gasteiger partial charge in [-0.3, -0.25) is 4.68 Å². The maximum Gasteiger partial charge on any atom is 0.207 e. The van der Waals surface area contributed by atoms with E-state index in [9.17, 15) is 4.39 Å². The van der Waals surface area contributed by atoms with Crippen molar-refractivity contribution < 1.29 is 9.13 Å². The van der Waals surface area contributed by atoms with Crippen LogP contribution in [0.4, 0.5) is 15.2 Å². The van der Waals surface area contributed by atoms with Gasteiger partial charge >= 0.3 is 0 Å². The highest BCUT2D eigenvalue weighted by Crippen LogP contribution is 2.27. The Hall–Kier alpha value is -3.26. The van der Waals surface area contributed by atoms with Crippen molar-refractivity contribution in [1.82, 2.24) is 19.1 Å². The van der Waals surface area contributed by atoms with E-state index >= 15 is 0 Å². The molecule has 0 bridgehead atoms. The summed E-state index contributed by atoms with van der Waals surface area (Å²) in [4.78, 5) is 4.48. The van der Waals surface area contributed by atoms with Gasteiger partial charge in [0.05, 0.1) is 30.6 Å². The molecule has 0 amide bonds. The Labute approximate surface area is 165 Å². The van der Waals surface area contributed by atoms with Gasteiger partial charge in [-0.15, -0.1) is 0 Å². The third-order valence-electron chi connectivity index (χ3n) is 4.23. The SMILES string of the molecule is COc1ccc(Cn2cc(-c3nsc(Nc4ccccc4F)n3)c(C)n2)cc1. The van der Waals surface area contributed by atoms with Crippen LogP contribution in [0.25, 0.3) is 11.4 Å². The van der Waals surface area contributed by atoms with E-state index in [0.717, 1.165) is 22.6 Å². The van der Waals surface area contributed by atoms with Crippen LogP contribution in [0, 0.1) is 12.7 Å². The van der Waals surface area contributed by atoms with Crippen LogP contribution < -0.4 is 10.1 Å². The van der Waals surface area contributed by atoms with E-state index in [0.29, 0.717) is 23.2 Å². The van der Waals surface area contributed by atoms with Gasteiger partial charge in [-0.1, -0.05) is 24.3 Å². The first-order chi connectivity index (χ1) is 13.6. The monoisotopic (exact) mass is 395 g/mol. The number of halogens is 1. The second kappa shape index (κ2) is 7.77. The van der Waals surface area contributed by atoms with Crippen molar-refractivity contribution in [2.24, 2.45) is 0 Å². The minimum absolute atomic E-state index is 0.331. The molecule has 4 aromatic rings. The first-order valence-electron chi connectivity index (χ1n) is 8.65. The largest absolute Gasteiger partial charge is 0.497 e. The summed E-state index contributed by atoms with van der Waals surface area (Å²) in [7, 11) is 1.65. The van der Waals surface area contributed by atoms with Crippen LogP contribution in [0.5, 0.6) is 5.75 Å². The Balaban J connectivity index is 1.52. The number of rotatable bonds is 6. The Morgan fingerprint density at radius 3 is 2.68 bits per heavy atom. The van der Waals surface area contributed by atoms with E-state index < -0.39 is 0 Å². The maximum atomic E-state index is 13.8. The van der Waals surface area contributed by atoms with Crippen molar-refractivity contribution in [3.05, 3.63) is 71.8 Å². The molecular weight excluding hydrogens is 377 g/mol. The van der Waals surface area contributed by atoms with Crippen molar-refractivity contribution in [2.75, 3.05) is 12.4 Å². The van der Waals surface area contributed by atoms with Gasteiger partial charge in [-0.05, 0) is 36.8 Å². The number of para-hydroxylation sites is 1. The Kier molecular flexibility index (Phi) is 5.03. The second-order valence-electron chi connectivity index (χ2n) is 6.20. The zero-order valence-corrected chi connectivity index (χ0v) is 16.2. The number of hydrogen-bond acceptors (Lipinski definition) is 6. The fourth-order valence-corrected chi connectivity index (χ4v) is 3.39. The fraction of sp³-hybridized carbons (Fsp3) is 0.150. The van der Waals surface area contributed by atoms with E-state index in [2.05, 4.69) is 19.8 Å². The molecule has 28 heavy (non-hydrogen) atoms. The lowest BCUT2D eigenvalue weighted by Gasteiger charge is -2.03. The van der Waals surface area contributed by atoms with Gasteiger partial charge in [0, 0.05) is 17.7 Å². The van der Waals surface area contributed by atoms with Crippen molar-refractivity contribution in [3.63, 3.8) is 0 Å². The van der Waals surface area contributed by atoms with Gasteiger partial charge in [0.15, 0.2) is 5.82 Å². The number of hydrogen-bond donors (Lipinski definition) is 1. The minimum Gasteiger partial charge on any atom is -0.497 e. The summed E-state index contributed by atoms with van der Waals surface area (Å²) in [5, 5.41) is 8.06. The van der Waals surface area contributed by atoms with Crippen LogP contribution in [0.15, 0.2) is 54.7 Å². The normalized spacial score (nSPS) is 10.8. The summed E-state index contributed by atoms with van der Waals surface area (Å²) < 4.78 is 25.2. The molecule has 8 heteroatoms. The van der Waals surface area contributed by atoms with Gasteiger partial charge < -0.3 is 10.1 Å². The average molecular weight is 395 g/mol. The molecule has 6 nitrogen and oxygen atoms in total. The number of anilines is 2. The molecule has 0 radical (unpaired) electrons. The molecule has 2 aromatic carbocycles. The van der Waals surface area contributed by atoms with E-state index in [1.165, 1.54) is 17.6 Å². The Morgan fingerprint density at radius 2 is 1.93 bits per heavy atom. The van der Waals surface area contributed by atoms with Crippen LogP contribution >= 0.6 is 11.5 Å². The molecule has 1 N–H and O–H groups in total. The smallest absolute Gasteiger partial charge is 0.207 e. The van der Waals surface area contributed by atoms with E-state index in [4.69, 9.17) is 4.74 Å². The third-order valence-corrected chi connectivity index (χ3v) is 4.86. The first kappa shape index (κ1) is 18.1. The summed E-state index contributed by atoms with van der Waals surface area (Å²) in [5.74, 6) is 1.06. The lowest BCUT2D eigenvalue weighted by atomic mass is 10.2. The van der Waals surface area contributed by atoms with Crippen LogP contribution in [-0.2, 0) is 6.54 Å². The van der Waals surface area contributed by atoms with E-state index in [1.54, 1.807) is 25.3 Å². The molecule has 0 atom stereocenters. The predicted molar refractivity (Wildman–Crippen MR) is 108 cm³/mol. The predicted octanol–water partition coefficient (Wildman–Crippen LogP) is 4.65. The van der Waals surface area contributed by atoms with Crippen LogP contribution in [0.2, 0.25) is 0 Å². The van der Waals surface area contributed by atoms with Crippen molar-refractivity contribution in [2.45, 2.75) is 13.5 Å². The number of ether oxygens (including phenoxy) is 1. The highest BCUT2D eigenvalue weighted by Gasteiger charge is 2.14. The molecule has 4 rings (SSSR count). The summed E-state index contributed by atoms with van der Waals surface area (Å²) in [6.07, 6.45) is 1.93. The molecule has 0 saturated heterocycles. The second-order valence-corrected chi connectivity index (χ2v) is 6.95. The standard InChI is InChI=1S/C20H18FN5OS/c1-13-16(12-26(24-13)11-14-7-9-15(27-2)10-8-14)19-23-20(28-25-19)22-18-6-4-3-5-17(18)21/h3-10,12H,11H2,1-2H3,(H,22,23,25). The maximum absolute atomic E-state index is 13.8. The summed E-state index contributed by atoms with van der Waals surface area (Å²) in [6.45, 7) is 2.56. The van der Waals surface area contributed by atoms with Gasteiger partial charge in [0.1, 0.15) is 11.6 Å². The van der Waals surface area contributed by atoms with Crippen LogP contribution in [0.3, 0.4) is 0 Å². The number of nitrogens with one attached hydrogen (secondary N) is 1. The Bertz CT molecular complexity index is 1090. The number of nitrogens with zero attached hydrogens (tertiary/aromatic N) is 4. The Morgan fingerprint density at radius 1 is 1.14 bits per heavy atom. The average Bonchev–Trinajstić information content (AvgIpc) is 3.30. The molecule has 0 unspecified atom stereocenters. The number of aromatic nitrogens is 4. The molecule has 0 aliphatic heterocycles. The fourth-order valence-electron chi connectivity index (χ4n) is 2.80. The molecule has 0 fully saturated rings. The van der Waals surface area contributed by atoms with Crippen molar-refractivity contribution >= 4 is 22.4 Å². The number of benzene rings is 2. The van der Waals surface area contributed by atoms with Crippen LogP contribution in [0.1, 0.15) is 11.3 Å². The van der Waals surface area contributed by atoms with Crippen molar-refractivity contribution in [1.29, 1.82) is 0 Å². The highest BCUT2D eigenvalue weighted by molar-refractivity contribution is 7.09. The first-order valence-corrected chi connectivity index (χ1v) is 9.42. The van der Waals surface area contributed by atoms with Gasteiger partial charge in [0.25, 0.3) is 0 Å². The van der Waals surface area contributed by atoms with E-state index in [1.807, 2.05) is 42.1 Å².